The van der Waals surface area contributed by atoms with Crippen molar-refractivity contribution in [2.45, 2.75) is 13.0 Å². The summed E-state index contributed by atoms with van der Waals surface area (Å²) >= 11 is 7.19. The van der Waals surface area contributed by atoms with Crippen molar-refractivity contribution in [2.24, 2.45) is 0 Å². The molecule has 5 nitrogen and oxygen atoms in total. The molecule has 1 amide bonds. The fraction of sp³-hybridized carbons (Fsp3) is 0.133. The minimum absolute atomic E-state index is 0.136. The van der Waals surface area contributed by atoms with Crippen molar-refractivity contribution in [3.63, 3.8) is 0 Å². The second-order valence-corrected chi connectivity index (χ2v) is 5.68. The lowest BCUT2D eigenvalue weighted by Gasteiger charge is -2.11. The first-order chi connectivity index (χ1) is 10.5. The third-order valence-electron chi connectivity index (χ3n) is 2.66. The van der Waals surface area contributed by atoms with E-state index in [0.717, 1.165) is 0 Å². The number of halogens is 1. The van der Waals surface area contributed by atoms with E-state index in [9.17, 15) is 9.59 Å². The van der Waals surface area contributed by atoms with Crippen LogP contribution in [0.5, 0.6) is 0 Å². The Balaban J connectivity index is 2.26. The number of nitriles is 1. The van der Waals surface area contributed by atoms with E-state index in [1.54, 1.807) is 23.6 Å². The lowest BCUT2D eigenvalue weighted by molar-refractivity contribution is 0.0437. The van der Waals surface area contributed by atoms with E-state index in [-0.39, 0.29) is 17.2 Å². The molecule has 1 aromatic heterocycles. The molecule has 0 radical (unpaired) electrons. The van der Waals surface area contributed by atoms with E-state index in [1.165, 1.54) is 36.5 Å². The fourth-order valence-electron chi connectivity index (χ4n) is 1.64. The molecule has 0 saturated heterocycles. The van der Waals surface area contributed by atoms with Gasteiger partial charge in [-0.1, -0.05) is 17.7 Å². The molecule has 0 aliphatic rings. The predicted octanol–water partition coefficient (Wildman–Crippen LogP) is 3.72. The number of carbonyl (C=O) groups is 2. The number of thiophene rings is 1. The van der Waals surface area contributed by atoms with Gasteiger partial charge in [0, 0.05) is 5.02 Å². The van der Waals surface area contributed by atoms with Gasteiger partial charge in [0.1, 0.15) is 6.07 Å². The highest BCUT2D eigenvalue weighted by atomic mass is 35.5. The van der Waals surface area contributed by atoms with Crippen molar-refractivity contribution in [3.05, 3.63) is 51.2 Å². The minimum Gasteiger partial charge on any atom is -0.444 e. The molecule has 0 aliphatic heterocycles. The van der Waals surface area contributed by atoms with Gasteiger partial charge in [0.2, 0.25) is 0 Å². The van der Waals surface area contributed by atoms with Gasteiger partial charge in [0.25, 0.3) is 5.91 Å². The highest BCUT2D eigenvalue weighted by molar-refractivity contribution is 7.12. The van der Waals surface area contributed by atoms with Crippen molar-refractivity contribution in [1.29, 1.82) is 5.26 Å². The summed E-state index contributed by atoms with van der Waals surface area (Å²) in [5.41, 5.74) is 0.373. The Kier molecular flexibility index (Phi) is 5.15. The maximum absolute atomic E-state index is 12.1. The molecule has 22 heavy (non-hydrogen) atoms. The lowest BCUT2D eigenvalue weighted by Crippen LogP contribution is -2.17. The van der Waals surface area contributed by atoms with Gasteiger partial charge in [-0.3, -0.25) is 4.79 Å². The number of hydrogen-bond donors (Lipinski definition) is 1. The second kappa shape index (κ2) is 7.07. The first-order valence-electron chi connectivity index (χ1n) is 6.26. The Morgan fingerprint density at radius 2 is 2.18 bits per heavy atom. The van der Waals surface area contributed by atoms with E-state index >= 15 is 0 Å². The molecule has 0 saturated carbocycles. The number of nitrogens with zero attached hydrogens (tertiary/aromatic N) is 1. The van der Waals surface area contributed by atoms with E-state index in [2.05, 4.69) is 5.32 Å². The van der Waals surface area contributed by atoms with Crippen molar-refractivity contribution in [2.75, 3.05) is 5.32 Å². The average Bonchev–Trinajstić information content (AvgIpc) is 3.01. The fourth-order valence-corrected chi connectivity index (χ4v) is 2.43. The number of carbonyl (C=O) groups excluding carboxylic acids is 2. The molecule has 0 aliphatic carbocycles. The maximum Gasteiger partial charge on any atom is 0.341 e. The van der Waals surface area contributed by atoms with Crippen molar-refractivity contribution >= 4 is 40.5 Å². The van der Waals surface area contributed by atoms with Crippen molar-refractivity contribution in [1.82, 2.24) is 0 Å². The number of esters is 1. The molecule has 2 rings (SSSR count). The minimum atomic E-state index is -0.885. The summed E-state index contributed by atoms with van der Waals surface area (Å²) in [5, 5.41) is 13.5. The van der Waals surface area contributed by atoms with Gasteiger partial charge < -0.3 is 10.1 Å². The van der Waals surface area contributed by atoms with Gasteiger partial charge in [0.05, 0.1) is 16.1 Å². The van der Waals surface area contributed by atoms with Gasteiger partial charge in [-0.2, -0.15) is 5.26 Å². The highest BCUT2D eigenvalue weighted by Gasteiger charge is 2.18. The molecule has 0 bridgehead atoms. The second-order valence-electron chi connectivity index (χ2n) is 4.30. The first kappa shape index (κ1) is 16.0. The summed E-state index contributed by atoms with van der Waals surface area (Å²) in [7, 11) is 0. The summed E-state index contributed by atoms with van der Waals surface area (Å²) in [6.45, 7) is 1.46. The Labute approximate surface area is 136 Å². The van der Waals surface area contributed by atoms with Crippen LogP contribution in [0.4, 0.5) is 5.69 Å². The average molecular weight is 335 g/mol. The normalized spacial score (nSPS) is 11.3. The van der Waals surface area contributed by atoms with Crippen LogP contribution in [-0.4, -0.2) is 18.0 Å². The predicted molar refractivity (Wildman–Crippen MR) is 84.2 cm³/mol. The lowest BCUT2D eigenvalue weighted by atomic mass is 10.1. The zero-order chi connectivity index (χ0) is 16.1. The zero-order valence-corrected chi connectivity index (χ0v) is 13.1. The molecule has 1 N–H and O–H groups in total. The van der Waals surface area contributed by atoms with Gasteiger partial charge in [-0.25, -0.2) is 4.79 Å². The Hall–Kier alpha value is -2.36. The molecule has 0 spiro atoms. The molecule has 1 heterocycles. The Morgan fingerprint density at radius 1 is 1.41 bits per heavy atom. The van der Waals surface area contributed by atoms with Crippen LogP contribution in [0.3, 0.4) is 0 Å². The maximum atomic E-state index is 12.1. The number of anilines is 1. The number of nitrogens with one attached hydrogen (secondary N) is 1. The molecule has 0 unspecified atom stereocenters. The van der Waals surface area contributed by atoms with Crippen molar-refractivity contribution in [3.8, 4) is 6.07 Å². The summed E-state index contributed by atoms with van der Waals surface area (Å²) < 4.78 is 4.95. The summed E-state index contributed by atoms with van der Waals surface area (Å²) in [5.74, 6) is -1.05. The smallest absolute Gasteiger partial charge is 0.341 e. The number of ether oxygens (including phenoxy) is 1. The number of benzene rings is 1. The van der Waals surface area contributed by atoms with Crippen LogP contribution < -0.4 is 5.32 Å². The first-order valence-corrected chi connectivity index (χ1v) is 7.52. The third kappa shape index (κ3) is 3.85. The van der Waals surface area contributed by atoms with Crippen molar-refractivity contribution < 1.29 is 14.3 Å². The summed E-state index contributed by atoms with van der Waals surface area (Å²) in [6, 6.07) is 9.64. The van der Waals surface area contributed by atoms with Gasteiger partial charge in [-0.05, 0) is 36.6 Å². The number of hydrogen-bond acceptors (Lipinski definition) is 5. The molecule has 2 aromatic rings. The number of rotatable bonds is 4. The summed E-state index contributed by atoms with van der Waals surface area (Å²) in [4.78, 5) is 24.6. The molecule has 0 fully saturated rings. The van der Waals surface area contributed by atoms with Crippen LogP contribution in [0.25, 0.3) is 0 Å². The molecule has 112 valence electrons. The Bertz CT molecular complexity index is 738. The van der Waals surface area contributed by atoms with E-state index in [1.807, 2.05) is 0 Å². The van der Waals surface area contributed by atoms with Crippen LogP contribution >= 0.6 is 22.9 Å². The molecular formula is C15H11ClN2O3S. The summed E-state index contributed by atoms with van der Waals surface area (Å²) in [6.07, 6.45) is -0.885. The largest absolute Gasteiger partial charge is 0.444 e. The third-order valence-corrected chi connectivity index (χ3v) is 3.76. The van der Waals surface area contributed by atoms with Crippen LogP contribution in [0, 0.1) is 11.3 Å². The molecule has 7 heteroatoms. The Morgan fingerprint density at radius 3 is 2.82 bits per heavy atom. The van der Waals surface area contributed by atoms with Gasteiger partial charge in [0.15, 0.2) is 6.10 Å². The van der Waals surface area contributed by atoms with E-state index in [0.29, 0.717) is 9.90 Å². The molecular weight excluding hydrogens is 324 g/mol. The molecule has 1 aromatic carbocycles. The molecule has 1 atom stereocenters. The van der Waals surface area contributed by atoms with Crippen LogP contribution in [0.2, 0.25) is 5.02 Å². The van der Waals surface area contributed by atoms with E-state index < -0.39 is 12.1 Å². The standard InChI is InChI=1S/C15H11ClN2O3S/c1-9(8-17)21-15(20)11-5-4-10(16)7-12(11)18-14(19)13-3-2-6-22-13/h2-7,9H,1H3,(H,18,19)/t9-/m1/s1. The van der Waals surface area contributed by atoms with Crippen LogP contribution in [0.15, 0.2) is 35.7 Å². The van der Waals surface area contributed by atoms with Crippen LogP contribution in [0.1, 0.15) is 27.0 Å². The zero-order valence-electron chi connectivity index (χ0n) is 11.5. The topological polar surface area (TPSA) is 79.2 Å². The quantitative estimate of drug-likeness (QED) is 0.864. The van der Waals surface area contributed by atoms with Gasteiger partial charge >= 0.3 is 5.97 Å². The SMILES string of the molecule is C[C@H](C#N)OC(=O)c1ccc(Cl)cc1NC(=O)c1cccs1. The number of amides is 1. The van der Waals surface area contributed by atoms with Gasteiger partial charge in [-0.15, -0.1) is 11.3 Å². The van der Waals surface area contributed by atoms with E-state index in [4.69, 9.17) is 21.6 Å². The van der Waals surface area contributed by atoms with Crippen LogP contribution in [-0.2, 0) is 4.74 Å². The monoisotopic (exact) mass is 334 g/mol. The highest BCUT2D eigenvalue weighted by Crippen LogP contribution is 2.23.